The smallest absolute Gasteiger partial charge is 0.175 e. The third kappa shape index (κ3) is 2.69. The van der Waals surface area contributed by atoms with Crippen LogP contribution in [0, 0.1) is 6.92 Å². The summed E-state index contributed by atoms with van der Waals surface area (Å²) in [6.07, 6.45) is 1.54. The van der Waals surface area contributed by atoms with E-state index in [1.54, 1.807) is 12.1 Å². The number of hydrogen-bond acceptors (Lipinski definition) is 3. The highest BCUT2D eigenvalue weighted by Crippen LogP contribution is 2.23. The fourth-order valence-corrected chi connectivity index (χ4v) is 1.56. The number of ketones is 1. The van der Waals surface area contributed by atoms with Crippen LogP contribution in [0.25, 0.3) is 17.4 Å². The second-order valence-corrected chi connectivity index (χ2v) is 4.22. The Labute approximate surface area is 106 Å². The van der Waals surface area contributed by atoms with Crippen LogP contribution in [0.1, 0.15) is 18.2 Å². The molecule has 1 aromatic carbocycles. The monoisotopic (exact) mass is 241 g/mol. The van der Waals surface area contributed by atoms with E-state index in [1.807, 2.05) is 37.3 Å². The summed E-state index contributed by atoms with van der Waals surface area (Å²) in [6.45, 7) is 3.46. The standard InChI is InChI=1S/C15H15NO2/c1-10-3-5-12(6-4-10)15-8-7-13(18-15)9-14(16)11(2)17/h3-9H,16H2,1-2H3/b14-9+. The van der Waals surface area contributed by atoms with Crippen molar-refractivity contribution in [1.82, 2.24) is 0 Å². The van der Waals surface area contributed by atoms with Crippen molar-refractivity contribution in [2.45, 2.75) is 13.8 Å². The third-order valence-electron chi connectivity index (χ3n) is 2.67. The third-order valence-corrected chi connectivity index (χ3v) is 2.67. The van der Waals surface area contributed by atoms with Gasteiger partial charge in [-0.2, -0.15) is 0 Å². The summed E-state index contributed by atoms with van der Waals surface area (Å²) in [5.41, 5.74) is 7.96. The van der Waals surface area contributed by atoms with Gasteiger partial charge in [0.05, 0.1) is 5.70 Å². The zero-order valence-electron chi connectivity index (χ0n) is 10.4. The number of furan rings is 1. The molecule has 0 aliphatic heterocycles. The molecular weight excluding hydrogens is 226 g/mol. The molecule has 3 nitrogen and oxygen atoms in total. The van der Waals surface area contributed by atoms with Crippen LogP contribution in [0.15, 0.2) is 46.5 Å². The molecule has 2 aromatic rings. The first-order valence-electron chi connectivity index (χ1n) is 5.71. The van der Waals surface area contributed by atoms with Crippen molar-refractivity contribution < 1.29 is 9.21 Å². The summed E-state index contributed by atoms with van der Waals surface area (Å²) in [7, 11) is 0. The summed E-state index contributed by atoms with van der Waals surface area (Å²) >= 11 is 0. The Morgan fingerprint density at radius 1 is 1.17 bits per heavy atom. The van der Waals surface area contributed by atoms with Crippen molar-refractivity contribution in [3.63, 3.8) is 0 Å². The maximum absolute atomic E-state index is 11.0. The molecule has 18 heavy (non-hydrogen) atoms. The van der Waals surface area contributed by atoms with Crippen LogP contribution in [-0.4, -0.2) is 5.78 Å². The number of Topliss-reactive ketones (excluding diaryl/α,β-unsaturated/α-hetero) is 1. The lowest BCUT2D eigenvalue weighted by Crippen LogP contribution is -2.05. The van der Waals surface area contributed by atoms with Gasteiger partial charge in [-0.15, -0.1) is 0 Å². The maximum Gasteiger partial charge on any atom is 0.175 e. The van der Waals surface area contributed by atoms with E-state index in [1.165, 1.54) is 12.5 Å². The fraction of sp³-hybridized carbons (Fsp3) is 0.133. The molecule has 0 saturated carbocycles. The highest BCUT2D eigenvalue weighted by molar-refractivity contribution is 5.96. The summed E-state index contributed by atoms with van der Waals surface area (Å²) in [6, 6.07) is 11.7. The van der Waals surface area contributed by atoms with E-state index in [2.05, 4.69) is 0 Å². The van der Waals surface area contributed by atoms with Crippen LogP contribution in [0.3, 0.4) is 0 Å². The van der Waals surface area contributed by atoms with E-state index in [-0.39, 0.29) is 11.5 Å². The molecule has 2 rings (SSSR count). The number of carbonyl (C=O) groups excluding carboxylic acids is 1. The van der Waals surface area contributed by atoms with Gasteiger partial charge in [-0.3, -0.25) is 4.79 Å². The molecule has 0 fully saturated rings. The lowest BCUT2D eigenvalue weighted by molar-refractivity contribution is -0.113. The molecule has 0 unspecified atom stereocenters. The van der Waals surface area contributed by atoms with Crippen molar-refractivity contribution in [3.05, 3.63) is 53.4 Å². The summed E-state index contributed by atoms with van der Waals surface area (Å²) in [5.74, 6) is 1.18. The minimum absolute atomic E-state index is 0.164. The zero-order valence-corrected chi connectivity index (χ0v) is 10.4. The molecule has 0 spiro atoms. The quantitative estimate of drug-likeness (QED) is 0.840. The minimum Gasteiger partial charge on any atom is -0.457 e. The van der Waals surface area contributed by atoms with Crippen LogP contribution in [-0.2, 0) is 4.79 Å². The highest BCUT2D eigenvalue weighted by atomic mass is 16.3. The molecule has 3 heteroatoms. The molecule has 92 valence electrons. The number of rotatable bonds is 3. The summed E-state index contributed by atoms with van der Waals surface area (Å²) in [5, 5.41) is 0. The molecule has 0 bridgehead atoms. The zero-order chi connectivity index (χ0) is 13.1. The predicted molar refractivity (Wildman–Crippen MR) is 71.7 cm³/mol. The molecular formula is C15H15NO2. The average Bonchev–Trinajstić information content (AvgIpc) is 2.78. The number of carbonyl (C=O) groups is 1. The minimum atomic E-state index is -0.164. The van der Waals surface area contributed by atoms with Gasteiger partial charge >= 0.3 is 0 Å². The SMILES string of the molecule is CC(=O)/C(N)=C\c1ccc(-c2ccc(C)cc2)o1. The van der Waals surface area contributed by atoms with Gasteiger partial charge in [0.25, 0.3) is 0 Å². The van der Waals surface area contributed by atoms with Gasteiger partial charge in [0, 0.05) is 18.6 Å². The average molecular weight is 241 g/mol. The first kappa shape index (κ1) is 12.2. The molecule has 0 aliphatic carbocycles. The van der Waals surface area contributed by atoms with Crippen molar-refractivity contribution >= 4 is 11.9 Å². The molecule has 1 heterocycles. The van der Waals surface area contributed by atoms with Crippen LogP contribution in [0.5, 0.6) is 0 Å². The molecule has 2 N–H and O–H groups in total. The van der Waals surface area contributed by atoms with Crippen molar-refractivity contribution in [1.29, 1.82) is 0 Å². The topological polar surface area (TPSA) is 56.2 Å². The van der Waals surface area contributed by atoms with Crippen molar-refractivity contribution in [2.24, 2.45) is 5.73 Å². The van der Waals surface area contributed by atoms with E-state index in [4.69, 9.17) is 10.2 Å². The lowest BCUT2D eigenvalue weighted by Gasteiger charge is -1.97. The van der Waals surface area contributed by atoms with Gasteiger partial charge < -0.3 is 10.2 Å². The number of allylic oxidation sites excluding steroid dienone is 1. The van der Waals surface area contributed by atoms with Crippen LogP contribution in [0.4, 0.5) is 0 Å². The lowest BCUT2D eigenvalue weighted by atomic mass is 10.1. The molecule has 0 atom stereocenters. The number of nitrogens with two attached hydrogens (primary N) is 1. The maximum atomic E-state index is 11.0. The van der Waals surface area contributed by atoms with Gasteiger partial charge in [0.2, 0.25) is 0 Å². The van der Waals surface area contributed by atoms with Crippen molar-refractivity contribution in [3.8, 4) is 11.3 Å². The Balaban J connectivity index is 2.28. The summed E-state index contributed by atoms with van der Waals surface area (Å²) in [4.78, 5) is 11.0. The van der Waals surface area contributed by atoms with E-state index < -0.39 is 0 Å². The van der Waals surface area contributed by atoms with E-state index in [9.17, 15) is 4.79 Å². The van der Waals surface area contributed by atoms with Gasteiger partial charge in [0.1, 0.15) is 11.5 Å². The summed E-state index contributed by atoms with van der Waals surface area (Å²) < 4.78 is 5.62. The Morgan fingerprint density at radius 3 is 2.44 bits per heavy atom. The van der Waals surface area contributed by atoms with Gasteiger partial charge in [-0.1, -0.05) is 29.8 Å². The van der Waals surface area contributed by atoms with Crippen LogP contribution >= 0.6 is 0 Å². The van der Waals surface area contributed by atoms with E-state index in [0.29, 0.717) is 5.76 Å². The Morgan fingerprint density at radius 2 is 1.83 bits per heavy atom. The van der Waals surface area contributed by atoms with Gasteiger partial charge in [-0.25, -0.2) is 0 Å². The van der Waals surface area contributed by atoms with Gasteiger partial charge in [0.15, 0.2) is 5.78 Å². The first-order chi connectivity index (χ1) is 8.56. The first-order valence-corrected chi connectivity index (χ1v) is 5.71. The van der Waals surface area contributed by atoms with Gasteiger partial charge in [-0.05, 0) is 19.1 Å². The van der Waals surface area contributed by atoms with Crippen LogP contribution in [0.2, 0.25) is 0 Å². The molecule has 0 radical (unpaired) electrons. The van der Waals surface area contributed by atoms with E-state index in [0.717, 1.165) is 11.3 Å². The second kappa shape index (κ2) is 4.92. The van der Waals surface area contributed by atoms with E-state index >= 15 is 0 Å². The largest absolute Gasteiger partial charge is 0.457 e. The fourth-order valence-electron chi connectivity index (χ4n) is 1.56. The second-order valence-electron chi connectivity index (χ2n) is 4.22. The molecule has 1 aromatic heterocycles. The molecule has 0 saturated heterocycles. The van der Waals surface area contributed by atoms with Crippen molar-refractivity contribution in [2.75, 3.05) is 0 Å². The normalized spacial score (nSPS) is 11.6. The molecule has 0 amide bonds. The number of benzene rings is 1. The van der Waals surface area contributed by atoms with Crippen LogP contribution < -0.4 is 5.73 Å². The predicted octanol–water partition coefficient (Wildman–Crippen LogP) is 3.14. The Bertz CT molecular complexity index is 591. The number of hydrogen-bond donors (Lipinski definition) is 1. The number of aryl methyl sites for hydroxylation is 1. The molecule has 0 aliphatic rings. The Hall–Kier alpha value is -2.29. The Kier molecular flexibility index (Phi) is 3.33. The highest BCUT2D eigenvalue weighted by Gasteiger charge is 2.04.